The van der Waals surface area contributed by atoms with Crippen LogP contribution in [0.4, 0.5) is 11.4 Å². The van der Waals surface area contributed by atoms with E-state index in [0.717, 1.165) is 19.2 Å². The molecule has 0 unspecified atom stereocenters. The number of halogens is 1. The van der Waals surface area contributed by atoms with Crippen LogP contribution in [0, 0.1) is 6.92 Å². The SMILES string of the molecule is CCOc1ccc(N(CC(=O)Nc2ccc(Br)c(C)c2)S(=O)(=O)c2ccc(SC)cc2)cc1. The van der Waals surface area contributed by atoms with Crippen LogP contribution in [0.1, 0.15) is 12.5 Å². The van der Waals surface area contributed by atoms with Gasteiger partial charge in [-0.2, -0.15) is 0 Å². The molecule has 0 bridgehead atoms. The molecule has 0 heterocycles. The minimum Gasteiger partial charge on any atom is -0.494 e. The van der Waals surface area contributed by atoms with Gasteiger partial charge in [-0.05, 0) is 92.4 Å². The predicted molar refractivity (Wildman–Crippen MR) is 138 cm³/mol. The smallest absolute Gasteiger partial charge is 0.264 e. The lowest BCUT2D eigenvalue weighted by Gasteiger charge is -2.24. The van der Waals surface area contributed by atoms with Crippen molar-refractivity contribution in [1.29, 1.82) is 0 Å². The normalized spacial score (nSPS) is 11.2. The van der Waals surface area contributed by atoms with Gasteiger partial charge in [0.2, 0.25) is 5.91 Å². The van der Waals surface area contributed by atoms with Crippen LogP contribution in [0.5, 0.6) is 5.75 Å². The van der Waals surface area contributed by atoms with Crippen LogP contribution >= 0.6 is 27.7 Å². The number of nitrogens with one attached hydrogen (secondary N) is 1. The first-order chi connectivity index (χ1) is 15.7. The number of nitrogens with zero attached hydrogens (tertiary/aromatic N) is 1. The van der Waals surface area contributed by atoms with Crippen molar-refractivity contribution < 1.29 is 17.9 Å². The van der Waals surface area contributed by atoms with Gasteiger partial charge in [0.25, 0.3) is 10.0 Å². The number of carbonyl (C=O) groups is 1. The van der Waals surface area contributed by atoms with Gasteiger partial charge in [-0.25, -0.2) is 8.42 Å². The van der Waals surface area contributed by atoms with Crippen LogP contribution in [0.15, 0.2) is 81.0 Å². The van der Waals surface area contributed by atoms with Gasteiger partial charge in [0, 0.05) is 15.1 Å². The molecule has 0 aliphatic rings. The highest BCUT2D eigenvalue weighted by molar-refractivity contribution is 9.10. The van der Waals surface area contributed by atoms with E-state index < -0.39 is 15.9 Å². The molecule has 3 rings (SSSR count). The third-order valence-corrected chi connectivity index (χ3v) is 8.23. The molecular formula is C24H25BrN2O4S2. The van der Waals surface area contributed by atoms with Gasteiger partial charge in [-0.1, -0.05) is 15.9 Å². The van der Waals surface area contributed by atoms with Crippen LogP contribution in [0.2, 0.25) is 0 Å². The summed E-state index contributed by atoms with van der Waals surface area (Å²) in [4.78, 5) is 13.9. The quantitative estimate of drug-likeness (QED) is 0.346. The number of rotatable bonds is 9. The highest BCUT2D eigenvalue weighted by Gasteiger charge is 2.27. The molecule has 0 saturated heterocycles. The molecule has 33 heavy (non-hydrogen) atoms. The summed E-state index contributed by atoms with van der Waals surface area (Å²) in [7, 11) is -3.99. The minimum absolute atomic E-state index is 0.112. The molecule has 0 saturated carbocycles. The summed E-state index contributed by atoms with van der Waals surface area (Å²) in [5.41, 5.74) is 1.92. The molecule has 9 heteroatoms. The van der Waals surface area contributed by atoms with E-state index in [2.05, 4.69) is 21.2 Å². The Kier molecular flexibility index (Phi) is 8.45. The van der Waals surface area contributed by atoms with E-state index in [4.69, 9.17) is 4.74 Å². The first-order valence-electron chi connectivity index (χ1n) is 10.2. The Morgan fingerprint density at radius 3 is 2.30 bits per heavy atom. The molecule has 0 aliphatic carbocycles. The topological polar surface area (TPSA) is 75.7 Å². The number of hydrogen-bond acceptors (Lipinski definition) is 5. The maximum Gasteiger partial charge on any atom is 0.264 e. The number of carbonyl (C=O) groups excluding carboxylic acids is 1. The summed E-state index contributed by atoms with van der Waals surface area (Å²) in [6, 6.07) is 18.7. The van der Waals surface area contributed by atoms with Gasteiger partial charge in [-0.15, -0.1) is 11.8 Å². The van der Waals surface area contributed by atoms with Crippen LogP contribution in [0.25, 0.3) is 0 Å². The predicted octanol–water partition coefficient (Wildman–Crippen LogP) is 5.71. The number of aryl methyl sites for hydroxylation is 1. The standard InChI is InChI=1S/C24H25BrN2O4S2/c1-4-31-20-8-6-19(7-9-20)27(33(29,30)22-12-10-21(32-3)11-13-22)16-24(28)26-18-5-14-23(25)17(2)15-18/h5-15H,4,16H2,1-3H3,(H,26,28). The zero-order valence-electron chi connectivity index (χ0n) is 18.5. The average molecular weight is 550 g/mol. The Morgan fingerprint density at radius 1 is 1.06 bits per heavy atom. The summed E-state index contributed by atoms with van der Waals surface area (Å²) in [6.45, 7) is 3.90. The number of ether oxygens (including phenoxy) is 1. The van der Waals surface area contributed by atoms with E-state index in [1.165, 1.54) is 11.8 Å². The van der Waals surface area contributed by atoms with Crippen molar-refractivity contribution in [2.24, 2.45) is 0 Å². The highest BCUT2D eigenvalue weighted by atomic mass is 79.9. The van der Waals surface area contributed by atoms with Crippen LogP contribution < -0.4 is 14.4 Å². The van der Waals surface area contributed by atoms with Crippen molar-refractivity contribution in [1.82, 2.24) is 0 Å². The molecule has 3 aromatic carbocycles. The maximum absolute atomic E-state index is 13.5. The number of hydrogen-bond donors (Lipinski definition) is 1. The average Bonchev–Trinajstić information content (AvgIpc) is 2.81. The summed E-state index contributed by atoms with van der Waals surface area (Å²) in [6.07, 6.45) is 1.92. The Bertz CT molecular complexity index is 1210. The maximum atomic E-state index is 13.5. The lowest BCUT2D eigenvalue weighted by Crippen LogP contribution is -2.38. The monoisotopic (exact) mass is 548 g/mol. The molecule has 6 nitrogen and oxygen atoms in total. The highest BCUT2D eigenvalue weighted by Crippen LogP contribution is 2.27. The summed E-state index contributed by atoms with van der Waals surface area (Å²) < 4.78 is 34.6. The van der Waals surface area contributed by atoms with E-state index in [-0.39, 0.29) is 11.4 Å². The fraction of sp³-hybridized carbons (Fsp3) is 0.208. The molecule has 1 N–H and O–H groups in total. The van der Waals surface area contributed by atoms with E-state index in [0.29, 0.717) is 23.7 Å². The molecule has 0 aliphatic heterocycles. The van der Waals surface area contributed by atoms with Crippen molar-refractivity contribution >= 4 is 55.0 Å². The summed E-state index contributed by atoms with van der Waals surface area (Å²) >= 11 is 4.96. The zero-order chi connectivity index (χ0) is 24.0. The number of thioether (sulfide) groups is 1. The Balaban J connectivity index is 1.93. The van der Waals surface area contributed by atoms with Gasteiger partial charge >= 0.3 is 0 Å². The Morgan fingerprint density at radius 2 is 1.73 bits per heavy atom. The Hall–Kier alpha value is -2.49. The number of sulfonamides is 1. The van der Waals surface area contributed by atoms with E-state index in [1.54, 1.807) is 54.6 Å². The van der Waals surface area contributed by atoms with Gasteiger partial charge in [-0.3, -0.25) is 9.10 Å². The van der Waals surface area contributed by atoms with Gasteiger partial charge in [0.15, 0.2) is 0 Å². The summed E-state index contributed by atoms with van der Waals surface area (Å²) in [5, 5.41) is 2.79. The summed E-state index contributed by atoms with van der Waals surface area (Å²) in [5.74, 6) is 0.174. The molecule has 3 aromatic rings. The molecule has 174 valence electrons. The van der Waals surface area contributed by atoms with E-state index in [9.17, 15) is 13.2 Å². The van der Waals surface area contributed by atoms with Gasteiger partial charge in [0.1, 0.15) is 12.3 Å². The molecule has 0 aromatic heterocycles. The van der Waals surface area contributed by atoms with Crippen LogP contribution in [-0.2, 0) is 14.8 Å². The third kappa shape index (κ3) is 6.31. The third-order valence-electron chi connectivity index (χ3n) is 4.81. The molecule has 0 spiro atoms. The van der Waals surface area contributed by atoms with Crippen molar-refractivity contribution in [3.8, 4) is 5.75 Å². The van der Waals surface area contributed by atoms with Crippen LogP contribution in [0.3, 0.4) is 0 Å². The second-order valence-corrected chi connectivity index (χ2v) is 10.7. The van der Waals surface area contributed by atoms with Gasteiger partial charge < -0.3 is 10.1 Å². The lowest BCUT2D eigenvalue weighted by molar-refractivity contribution is -0.114. The molecule has 0 atom stereocenters. The molecule has 1 amide bonds. The number of anilines is 2. The molecule has 0 fully saturated rings. The second-order valence-electron chi connectivity index (χ2n) is 7.13. The second kappa shape index (κ2) is 11.1. The first kappa shape index (κ1) is 25.1. The number of benzene rings is 3. The fourth-order valence-corrected chi connectivity index (χ4v) is 5.19. The fourth-order valence-electron chi connectivity index (χ4n) is 3.12. The lowest BCUT2D eigenvalue weighted by atomic mass is 10.2. The van der Waals surface area contributed by atoms with Crippen molar-refractivity contribution in [2.75, 3.05) is 29.0 Å². The molecule has 0 radical (unpaired) electrons. The van der Waals surface area contributed by atoms with Crippen molar-refractivity contribution in [2.45, 2.75) is 23.6 Å². The van der Waals surface area contributed by atoms with E-state index in [1.807, 2.05) is 32.2 Å². The molecular weight excluding hydrogens is 524 g/mol. The zero-order valence-corrected chi connectivity index (χ0v) is 21.8. The van der Waals surface area contributed by atoms with Gasteiger partial charge in [0.05, 0.1) is 17.2 Å². The Labute approximate surface area is 207 Å². The number of amides is 1. The van der Waals surface area contributed by atoms with Crippen molar-refractivity contribution in [3.63, 3.8) is 0 Å². The minimum atomic E-state index is -3.99. The van der Waals surface area contributed by atoms with Crippen molar-refractivity contribution in [3.05, 3.63) is 76.8 Å². The largest absolute Gasteiger partial charge is 0.494 e. The van der Waals surface area contributed by atoms with E-state index >= 15 is 0 Å². The first-order valence-corrected chi connectivity index (χ1v) is 13.7. The van der Waals surface area contributed by atoms with Crippen LogP contribution in [-0.4, -0.2) is 33.7 Å².